The van der Waals surface area contributed by atoms with Crippen LogP contribution in [-0.4, -0.2) is 53.0 Å². The monoisotopic (exact) mass is 300 g/mol. The number of alkyl carbamates (subject to hydrolysis) is 1. The van der Waals surface area contributed by atoms with Crippen LogP contribution in [0.1, 0.15) is 60.3 Å². The molecule has 1 heterocycles. The Balaban J connectivity index is 2.56. The average Bonchev–Trinajstić information content (AvgIpc) is 2.36. The molecule has 0 aromatic carbocycles. The van der Waals surface area contributed by atoms with Crippen molar-refractivity contribution < 1.29 is 14.6 Å². The van der Waals surface area contributed by atoms with Crippen LogP contribution in [-0.2, 0) is 4.74 Å². The maximum absolute atomic E-state index is 11.9. The number of nitrogens with one attached hydrogen (secondary N) is 1. The number of aliphatic hydroxyl groups excluding tert-OH is 1. The molecule has 1 fully saturated rings. The van der Waals surface area contributed by atoms with E-state index < -0.39 is 5.60 Å². The van der Waals surface area contributed by atoms with E-state index in [0.29, 0.717) is 6.54 Å². The normalized spacial score (nSPS) is 23.4. The summed E-state index contributed by atoms with van der Waals surface area (Å²) in [7, 11) is 0. The van der Waals surface area contributed by atoms with Crippen molar-refractivity contribution in [2.24, 2.45) is 0 Å². The van der Waals surface area contributed by atoms with Gasteiger partial charge < -0.3 is 15.2 Å². The number of β-amino-alcohol motifs (C(OH)–C–C–N with tert-alkyl or cyclic N) is 1. The van der Waals surface area contributed by atoms with Crippen molar-refractivity contribution in [3.8, 4) is 0 Å². The zero-order valence-electron chi connectivity index (χ0n) is 14.2. The number of carbonyl (C=O) groups is 1. The highest BCUT2D eigenvalue weighted by Crippen LogP contribution is 2.21. The first-order valence-electron chi connectivity index (χ1n) is 8.14. The van der Waals surface area contributed by atoms with E-state index in [1.54, 1.807) is 0 Å². The van der Waals surface area contributed by atoms with Gasteiger partial charge in [0.2, 0.25) is 0 Å². The highest BCUT2D eigenvalue weighted by molar-refractivity contribution is 5.68. The molecule has 0 aromatic rings. The first-order valence-corrected chi connectivity index (χ1v) is 8.14. The molecule has 1 aliphatic rings. The quantitative estimate of drug-likeness (QED) is 0.819. The Morgan fingerprint density at radius 1 is 1.43 bits per heavy atom. The number of ether oxygens (including phenoxy) is 1. The molecule has 2 N–H and O–H groups in total. The molecule has 0 saturated carbocycles. The Morgan fingerprint density at radius 3 is 2.67 bits per heavy atom. The number of piperidine rings is 1. The summed E-state index contributed by atoms with van der Waals surface area (Å²) in [6.07, 6.45) is 3.48. The van der Waals surface area contributed by atoms with Gasteiger partial charge in [-0.05, 0) is 53.5 Å². The number of rotatable bonds is 5. The van der Waals surface area contributed by atoms with E-state index in [9.17, 15) is 9.90 Å². The van der Waals surface area contributed by atoms with Gasteiger partial charge in [0.05, 0.1) is 6.10 Å². The zero-order chi connectivity index (χ0) is 16.0. The Labute approximate surface area is 129 Å². The van der Waals surface area contributed by atoms with Gasteiger partial charge in [-0.25, -0.2) is 4.79 Å². The number of carbonyl (C=O) groups excluding carboxylic acids is 1. The summed E-state index contributed by atoms with van der Waals surface area (Å²) in [5.74, 6) is 0. The molecule has 5 heteroatoms. The molecule has 1 amide bonds. The first-order chi connectivity index (χ1) is 9.73. The van der Waals surface area contributed by atoms with Gasteiger partial charge in [-0.2, -0.15) is 0 Å². The van der Waals surface area contributed by atoms with Gasteiger partial charge in [-0.1, -0.05) is 13.3 Å². The fraction of sp³-hybridized carbons (Fsp3) is 0.938. The van der Waals surface area contributed by atoms with Crippen molar-refractivity contribution in [1.29, 1.82) is 0 Å². The van der Waals surface area contributed by atoms with E-state index >= 15 is 0 Å². The Bertz CT molecular complexity index is 328. The summed E-state index contributed by atoms with van der Waals surface area (Å²) in [6.45, 7) is 11.3. The fourth-order valence-corrected chi connectivity index (χ4v) is 2.80. The number of aliphatic hydroxyl groups is 1. The largest absolute Gasteiger partial charge is 0.444 e. The van der Waals surface area contributed by atoms with Crippen LogP contribution in [0.5, 0.6) is 0 Å². The number of nitrogens with zero attached hydrogens (tertiary/aromatic N) is 1. The van der Waals surface area contributed by atoms with Crippen LogP contribution in [0.25, 0.3) is 0 Å². The van der Waals surface area contributed by atoms with E-state index in [1.165, 1.54) is 6.42 Å². The molecule has 21 heavy (non-hydrogen) atoms. The van der Waals surface area contributed by atoms with E-state index in [-0.39, 0.29) is 24.3 Å². The lowest BCUT2D eigenvalue weighted by molar-refractivity contribution is 0.0350. The van der Waals surface area contributed by atoms with Crippen molar-refractivity contribution in [2.45, 2.75) is 84.1 Å². The van der Waals surface area contributed by atoms with Crippen molar-refractivity contribution >= 4 is 6.09 Å². The molecule has 0 spiro atoms. The maximum Gasteiger partial charge on any atom is 0.407 e. The number of amides is 1. The summed E-state index contributed by atoms with van der Waals surface area (Å²) >= 11 is 0. The molecule has 0 bridgehead atoms. The standard InChI is InChI=1S/C16H32N2O3/c1-6-13(19)11-18-10-8-7-9-14(18)12(2)17-15(20)21-16(3,4)5/h12-14,19H,6-11H2,1-5H3,(H,17,20)/t12?,13-,14?/m1/s1. The number of hydrogen-bond acceptors (Lipinski definition) is 4. The van der Waals surface area contributed by atoms with Crippen LogP contribution in [0.4, 0.5) is 4.79 Å². The Kier molecular flexibility index (Phi) is 6.94. The summed E-state index contributed by atoms with van der Waals surface area (Å²) in [6, 6.07) is 0.289. The van der Waals surface area contributed by atoms with Crippen LogP contribution in [0.15, 0.2) is 0 Å². The van der Waals surface area contributed by atoms with E-state index in [4.69, 9.17) is 4.74 Å². The second kappa shape index (κ2) is 7.99. The molecule has 2 unspecified atom stereocenters. The summed E-state index contributed by atoms with van der Waals surface area (Å²) in [5.41, 5.74) is -0.478. The second-order valence-electron chi connectivity index (χ2n) is 7.06. The molecule has 5 nitrogen and oxygen atoms in total. The molecule has 0 radical (unpaired) electrons. The maximum atomic E-state index is 11.9. The minimum absolute atomic E-state index is 0.0178. The topological polar surface area (TPSA) is 61.8 Å². The van der Waals surface area contributed by atoms with Gasteiger partial charge in [-0.3, -0.25) is 4.90 Å². The van der Waals surface area contributed by atoms with Crippen LogP contribution in [0, 0.1) is 0 Å². The highest BCUT2D eigenvalue weighted by Gasteiger charge is 2.30. The average molecular weight is 300 g/mol. The molecule has 1 rings (SSSR count). The van der Waals surface area contributed by atoms with Crippen LogP contribution in [0.3, 0.4) is 0 Å². The smallest absolute Gasteiger partial charge is 0.407 e. The highest BCUT2D eigenvalue weighted by atomic mass is 16.6. The van der Waals surface area contributed by atoms with Gasteiger partial charge in [0.15, 0.2) is 0 Å². The van der Waals surface area contributed by atoms with Gasteiger partial charge in [-0.15, -0.1) is 0 Å². The Hall–Kier alpha value is -0.810. The predicted molar refractivity (Wildman–Crippen MR) is 84.3 cm³/mol. The third-order valence-corrected chi connectivity index (χ3v) is 3.90. The predicted octanol–water partition coefficient (Wildman–Crippen LogP) is 2.53. The summed E-state index contributed by atoms with van der Waals surface area (Å²) in [5, 5.41) is 12.8. The van der Waals surface area contributed by atoms with Gasteiger partial charge in [0.25, 0.3) is 0 Å². The molecule has 0 aliphatic carbocycles. The summed E-state index contributed by atoms with van der Waals surface area (Å²) < 4.78 is 5.32. The lowest BCUT2D eigenvalue weighted by atomic mass is 9.96. The third kappa shape index (κ3) is 6.66. The minimum atomic E-state index is -0.478. The third-order valence-electron chi connectivity index (χ3n) is 3.90. The van der Waals surface area contributed by atoms with Gasteiger partial charge in [0.1, 0.15) is 5.60 Å². The van der Waals surface area contributed by atoms with Crippen LogP contribution >= 0.6 is 0 Å². The molecular weight excluding hydrogens is 268 g/mol. The SMILES string of the molecule is CC[C@@H](O)CN1CCCCC1C(C)NC(=O)OC(C)(C)C. The van der Waals surface area contributed by atoms with Gasteiger partial charge in [0, 0.05) is 18.6 Å². The molecule has 1 saturated heterocycles. The lowest BCUT2D eigenvalue weighted by Crippen LogP contribution is -2.54. The first kappa shape index (κ1) is 18.2. The van der Waals surface area contributed by atoms with Crippen molar-refractivity contribution in [3.63, 3.8) is 0 Å². The molecule has 1 aliphatic heterocycles. The van der Waals surface area contributed by atoms with E-state index in [2.05, 4.69) is 10.2 Å². The van der Waals surface area contributed by atoms with Crippen LogP contribution in [0.2, 0.25) is 0 Å². The lowest BCUT2D eigenvalue weighted by Gasteiger charge is -2.40. The van der Waals surface area contributed by atoms with Crippen molar-refractivity contribution in [2.75, 3.05) is 13.1 Å². The van der Waals surface area contributed by atoms with E-state index in [1.807, 2.05) is 34.6 Å². The molecule has 3 atom stereocenters. The number of likely N-dealkylation sites (tertiary alicyclic amines) is 1. The van der Waals surface area contributed by atoms with E-state index in [0.717, 1.165) is 25.8 Å². The van der Waals surface area contributed by atoms with Crippen molar-refractivity contribution in [3.05, 3.63) is 0 Å². The fourth-order valence-electron chi connectivity index (χ4n) is 2.80. The van der Waals surface area contributed by atoms with Crippen LogP contribution < -0.4 is 5.32 Å². The number of hydrogen-bond donors (Lipinski definition) is 2. The molecule has 0 aromatic heterocycles. The van der Waals surface area contributed by atoms with Gasteiger partial charge >= 0.3 is 6.09 Å². The van der Waals surface area contributed by atoms with Crippen molar-refractivity contribution in [1.82, 2.24) is 10.2 Å². The Morgan fingerprint density at radius 2 is 2.10 bits per heavy atom. The molecule has 124 valence electrons. The zero-order valence-corrected chi connectivity index (χ0v) is 14.2. The minimum Gasteiger partial charge on any atom is -0.444 e. The second-order valence-corrected chi connectivity index (χ2v) is 7.06. The summed E-state index contributed by atoms with van der Waals surface area (Å²) in [4.78, 5) is 14.2. The molecular formula is C16H32N2O3.